The average Bonchev–Trinajstić information content (AvgIpc) is 2.37. The Hall–Kier alpha value is -1.49. The number of carbonyl (C=O) groups is 2. The van der Waals surface area contributed by atoms with Gasteiger partial charge >= 0.3 is 27.1 Å². The Morgan fingerprint density at radius 3 is 1.61 bits per heavy atom. The summed E-state index contributed by atoms with van der Waals surface area (Å²) in [7, 11) is 0. The summed E-state index contributed by atoms with van der Waals surface area (Å²) in [6.45, 7) is 10.9. The monoisotopic (exact) mass is 344 g/mol. The molecule has 0 N–H and O–H groups in total. The fourth-order valence-electron chi connectivity index (χ4n) is 1.37. The van der Waals surface area contributed by atoms with Crippen molar-refractivity contribution in [2.75, 3.05) is 13.2 Å². The van der Waals surface area contributed by atoms with Crippen molar-refractivity contribution in [3.05, 3.63) is 23.7 Å². The van der Waals surface area contributed by atoms with E-state index in [9.17, 15) is 9.59 Å². The Labute approximate surface area is 142 Å². The molecule has 0 saturated carbocycles. The van der Waals surface area contributed by atoms with Crippen molar-refractivity contribution >= 4 is 27.1 Å². The van der Waals surface area contributed by atoms with E-state index in [-0.39, 0.29) is 19.3 Å². The Morgan fingerprint density at radius 2 is 1.30 bits per heavy atom. The predicted octanol–water partition coefficient (Wildman–Crippen LogP) is 2.36. The number of esters is 2. The van der Waals surface area contributed by atoms with Gasteiger partial charge in [0.2, 0.25) is 0 Å². The minimum Gasteiger partial charge on any atom is -0.591 e. The lowest BCUT2D eigenvalue weighted by Crippen LogP contribution is -2.29. The lowest BCUT2D eigenvalue weighted by molar-refractivity contribution is -0.138. The number of allylic oxidation sites excluding steroid dienone is 2. The lowest BCUT2D eigenvalue weighted by atomic mass is 10.5. The highest BCUT2D eigenvalue weighted by molar-refractivity contribution is 6.37. The van der Waals surface area contributed by atoms with Gasteiger partial charge in [0.15, 0.2) is 0 Å². The summed E-state index contributed by atoms with van der Waals surface area (Å²) in [6.07, 6.45) is 2.32. The predicted molar refractivity (Wildman–Crippen MR) is 84.9 cm³/mol. The van der Waals surface area contributed by atoms with Crippen LogP contribution in [0.4, 0.5) is 0 Å². The third-order valence-corrected chi connectivity index (χ3v) is 4.06. The zero-order valence-corrected chi connectivity index (χ0v) is 15.7. The smallest absolute Gasteiger partial charge is 0.591 e. The molecule has 0 rings (SSSR count). The zero-order chi connectivity index (χ0) is 17.8. The first-order valence-corrected chi connectivity index (χ1v) is 8.88. The van der Waals surface area contributed by atoms with Gasteiger partial charge in [0, 0.05) is 6.10 Å². The van der Waals surface area contributed by atoms with Gasteiger partial charge in [-0.25, -0.2) is 9.59 Å². The fourth-order valence-corrected chi connectivity index (χ4v) is 2.72. The Morgan fingerprint density at radius 1 is 0.913 bits per heavy atom. The second-order valence-corrected chi connectivity index (χ2v) is 6.04. The molecule has 8 heteroatoms. The number of hydrogen-bond donors (Lipinski definition) is 0. The van der Waals surface area contributed by atoms with Crippen molar-refractivity contribution < 1.29 is 30.4 Å². The van der Waals surface area contributed by atoms with Gasteiger partial charge in [-0.3, -0.25) is 0 Å². The van der Waals surface area contributed by atoms with Gasteiger partial charge in [0.05, 0.1) is 36.9 Å². The van der Waals surface area contributed by atoms with Crippen LogP contribution in [0.2, 0.25) is 0 Å². The highest BCUT2D eigenvalue weighted by atomic mass is 27.3. The van der Waals surface area contributed by atoms with Gasteiger partial charge in [0.25, 0.3) is 0 Å². The number of ether oxygens (including phenoxy) is 2. The van der Waals surface area contributed by atoms with Gasteiger partial charge in [-0.1, -0.05) is 0 Å². The standard InChI is InChI=1S/2C6H10O3.C3H7O.Al/c2*1-3-9-6(8)4-5(2)7;1-3(2)4;/h2*4,7H,3H2,1-2H3;3H,1-2H3;/q;;-1;+3/p-2/b5-4+;5-4-;;. The van der Waals surface area contributed by atoms with E-state index in [1.165, 1.54) is 12.2 Å². The van der Waals surface area contributed by atoms with Crippen LogP contribution < -0.4 is 0 Å². The van der Waals surface area contributed by atoms with Crippen LogP contribution in [-0.4, -0.2) is 46.4 Å². The third-order valence-electron chi connectivity index (χ3n) is 2.16. The molecule has 0 radical (unpaired) electrons. The molecular formula is C15H25AlO7. The first-order valence-electron chi connectivity index (χ1n) is 7.47. The molecule has 0 aromatic rings. The second kappa shape index (κ2) is 12.0. The van der Waals surface area contributed by atoms with Crippen LogP contribution in [0, 0.1) is 0 Å². The minimum absolute atomic E-state index is 0.127. The van der Waals surface area contributed by atoms with E-state index in [2.05, 4.69) is 0 Å². The normalized spacial score (nSPS) is 12.0. The van der Waals surface area contributed by atoms with Crippen LogP contribution in [-0.2, 0) is 30.4 Å². The van der Waals surface area contributed by atoms with E-state index >= 15 is 0 Å². The van der Waals surface area contributed by atoms with Crippen molar-refractivity contribution in [3.8, 4) is 0 Å². The van der Waals surface area contributed by atoms with E-state index in [0.717, 1.165) is 0 Å². The second-order valence-electron chi connectivity index (χ2n) is 4.72. The lowest BCUT2D eigenvalue weighted by Gasteiger charge is -2.18. The van der Waals surface area contributed by atoms with Gasteiger partial charge in [-0.2, -0.15) is 0 Å². The zero-order valence-electron chi connectivity index (χ0n) is 14.6. The van der Waals surface area contributed by atoms with Crippen LogP contribution >= 0.6 is 0 Å². The molecule has 0 aliphatic heterocycles. The van der Waals surface area contributed by atoms with Gasteiger partial charge in [-0.05, 0) is 41.5 Å². The summed E-state index contributed by atoms with van der Waals surface area (Å²) in [5.41, 5.74) is 0. The summed E-state index contributed by atoms with van der Waals surface area (Å²) in [5.74, 6) is -0.350. The molecule has 0 bridgehead atoms. The first-order chi connectivity index (χ1) is 10.8. The summed E-state index contributed by atoms with van der Waals surface area (Å²) in [5, 5.41) is 0. The summed E-state index contributed by atoms with van der Waals surface area (Å²) in [6, 6.07) is 0. The summed E-state index contributed by atoms with van der Waals surface area (Å²) < 4.78 is 26.3. The molecule has 0 aromatic heterocycles. The highest BCUT2D eigenvalue weighted by Gasteiger charge is 2.41. The molecule has 0 spiro atoms. The molecule has 0 aliphatic rings. The van der Waals surface area contributed by atoms with Crippen LogP contribution in [0.1, 0.15) is 41.5 Å². The molecule has 0 amide bonds. The number of rotatable bonds is 10. The minimum atomic E-state index is -2.62. The van der Waals surface area contributed by atoms with E-state index < -0.39 is 27.1 Å². The third kappa shape index (κ3) is 11.7. The van der Waals surface area contributed by atoms with Gasteiger partial charge < -0.3 is 20.8 Å². The first kappa shape index (κ1) is 21.5. The van der Waals surface area contributed by atoms with Crippen LogP contribution in [0.3, 0.4) is 0 Å². The molecule has 130 valence electrons. The van der Waals surface area contributed by atoms with E-state index in [0.29, 0.717) is 11.5 Å². The molecule has 23 heavy (non-hydrogen) atoms. The molecule has 0 aliphatic carbocycles. The van der Waals surface area contributed by atoms with Crippen molar-refractivity contribution in [1.29, 1.82) is 0 Å². The number of hydrogen-bond acceptors (Lipinski definition) is 7. The Balaban J connectivity index is 4.81. The molecule has 0 fully saturated rings. The van der Waals surface area contributed by atoms with E-state index in [1.807, 2.05) is 13.8 Å². The van der Waals surface area contributed by atoms with Crippen LogP contribution in [0.15, 0.2) is 23.7 Å². The Kier molecular flexibility index (Phi) is 11.2. The largest absolute Gasteiger partial charge is 1.10 e. The SMILES string of the molecule is CCOC(=O)/C=C(/C)[O][Al]([O]/C(C)=C/C(=O)OCC)[O]C(C)C. The van der Waals surface area contributed by atoms with Gasteiger partial charge in [0.1, 0.15) is 0 Å². The quantitative estimate of drug-likeness (QED) is 0.260. The summed E-state index contributed by atoms with van der Waals surface area (Å²) >= 11 is -2.62. The molecule has 0 unspecified atom stereocenters. The van der Waals surface area contributed by atoms with E-state index in [1.54, 1.807) is 27.7 Å². The molecule has 0 heterocycles. The van der Waals surface area contributed by atoms with Crippen molar-refractivity contribution in [2.24, 2.45) is 0 Å². The number of carbonyl (C=O) groups excluding carboxylic acids is 2. The van der Waals surface area contributed by atoms with Crippen LogP contribution in [0.5, 0.6) is 0 Å². The molecule has 0 saturated heterocycles. The van der Waals surface area contributed by atoms with Crippen LogP contribution in [0.25, 0.3) is 0 Å². The molecule has 0 aromatic carbocycles. The van der Waals surface area contributed by atoms with Crippen molar-refractivity contribution in [3.63, 3.8) is 0 Å². The van der Waals surface area contributed by atoms with Gasteiger partial charge in [-0.15, -0.1) is 0 Å². The maximum Gasteiger partial charge on any atom is 1.10 e. The maximum atomic E-state index is 11.4. The molecule has 0 atom stereocenters. The Bertz CT molecular complexity index is 407. The highest BCUT2D eigenvalue weighted by Crippen LogP contribution is 2.09. The molecule has 7 nitrogen and oxygen atoms in total. The fraction of sp³-hybridized carbons (Fsp3) is 0.600. The maximum absolute atomic E-state index is 11.4. The topological polar surface area (TPSA) is 80.3 Å². The molecular weight excluding hydrogens is 319 g/mol. The van der Waals surface area contributed by atoms with Crippen molar-refractivity contribution in [1.82, 2.24) is 0 Å². The van der Waals surface area contributed by atoms with Crippen molar-refractivity contribution in [2.45, 2.75) is 47.6 Å². The average molecular weight is 344 g/mol. The summed E-state index contributed by atoms with van der Waals surface area (Å²) in [4.78, 5) is 22.8. The van der Waals surface area contributed by atoms with E-state index in [4.69, 9.17) is 20.8 Å².